The van der Waals surface area contributed by atoms with E-state index in [4.69, 9.17) is 39.6 Å². The van der Waals surface area contributed by atoms with Crippen molar-refractivity contribution >= 4 is 17.8 Å². The third-order valence-electron chi connectivity index (χ3n) is 7.21. The van der Waals surface area contributed by atoms with Crippen LogP contribution in [-0.4, -0.2) is 71.5 Å². The molecule has 4 rings (SSSR count). The Morgan fingerprint density at radius 1 is 0.886 bits per heavy atom. The number of likely N-dealkylation sites (N-methyl/N-ethyl adjacent to an activating group) is 1. The molecule has 0 saturated carbocycles. The van der Waals surface area contributed by atoms with Crippen LogP contribution in [0.3, 0.4) is 0 Å². The summed E-state index contributed by atoms with van der Waals surface area (Å²) in [4.78, 5) is 2.31. The molecule has 1 aliphatic heterocycles. The fraction of sp³-hybridized carbons (Fsp3) is 0.353. The maximum atomic E-state index is 9.17. The van der Waals surface area contributed by atoms with Gasteiger partial charge in [-0.3, -0.25) is 5.41 Å². The first-order valence-electron chi connectivity index (χ1n) is 14.2. The first-order chi connectivity index (χ1) is 20.8. The van der Waals surface area contributed by atoms with Gasteiger partial charge in [-0.1, -0.05) is 30.3 Å². The smallest absolute Gasteiger partial charge is 0.210 e. The van der Waals surface area contributed by atoms with Crippen molar-refractivity contribution in [1.82, 2.24) is 0 Å². The van der Waals surface area contributed by atoms with E-state index in [-0.39, 0.29) is 22.2 Å². The van der Waals surface area contributed by atoms with Crippen molar-refractivity contribution in [2.45, 2.75) is 25.7 Å². The fourth-order valence-electron chi connectivity index (χ4n) is 5.13. The number of aliphatic hydroxyl groups is 1. The number of nitrogens with one attached hydrogen (secondary N) is 2. The van der Waals surface area contributed by atoms with Gasteiger partial charge in [-0.15, -0.1) is 0 Å². The summed E-state index contributed by atoms with van der Waals surface area (Å²) >= 11 is 0. The number of methoxy groups -OCH3 is 3. The Kier molecular flexibility index (Phi) is 14.9. The average molecular weight is 649 g/mol. The van der Waals surface area contributed by atoms with Crippen LogP contribution in [0.1, 0.15) is 30.5 Å². The molecule has 3 N–H and O–H groups in total. The molecule has 10 heteroatoms. The van der Waals surface area contributed by atoms with E-state index in [9.17, 15) is 0 Å². The van der Waals surface area contributed by atoms with Gasteiger partial charge < -0.3 is 39.1 Å². The Morgan fingerprint density at radius 3 is 2.11 bits per heavy atom. The summed E-state index contributed by atoms with van der Waals surface area (Å²) in [5, 5.41) is 24.0. The standard InChI is InChI=1S/C21H24N2O.C13H19NO5.Co/c1-4-23-19-11-10-17(24-3)14-18(19)21(2,20(23)12-13-22)15-16-8-6-5-7-9-16;1-16-5-7-18-11-4-3-10(13(14)15)9-12(11)19-8-6-17-2;/h5-14,22H,4,15H2,1-3H3;3-4,9H,5-8H2,1-2H3,(H2,14,15);/b20-12-,22-13?;;. The van der Waals surface area contributed by atoms with Gasteiger partial charge in [0.05, 0.1) is 20.3 Å². The van der Waals surface area contributed by atoms with E-state index in [0.717, 1.165) is 18.7 Å². The maximum absolute atomic E-state index is 9.17. The van der Waals surface area contributed by atoms with Gasteiger partial charge in [0, 0.05) is 66.1 Å². The Hall–Kier alpha value is -3.83. The number of fused-ring (bicyclic) bond motifs is 1. The van der Waals surface area contributed by atoms with E-state index in [1.807, 2.05) is 18.2 Å². The molecule has 0 spiro atoms. The van der Waals surface area contributed by atoms with Gasteiger partial charge in [0.25, 0.3) is 0 Å². The quantitative estimate of drug-likeness (QED) is 0.109. The number of benzene rings is 3. The molecule has 1 unspecified atom stereocenters. The van der Waals surface area contributed by atoms with Crippen LogP contribution in [0.2, 0.25) is 0 Å². The predicted octanol–water partition coefficient (Wildman–Crippen LogP) is 6.19. The van der Waals surface area contributed by atoms with Gasteiger partial charge >= 0.3 is 0 Å². The van der Waals surface area contributed by atoms with E-state index in [0.29, 0.717) is 43.5 Å². The molecule has 3 aromatic rings. The monoisotopic (exact) mass is 648 g/mol. The summed E-state index contributed by atoms with van der Waals surface area (Å²) in [6, 6.07) is 21.6. The summed E-state index contributed by atoms with van der Waals surface area (Å²) in [6.45, 7) is 6.96. The first-order valence-corrected chi connectivity index (χ1v) is 14.2. The number of aliphatic hydroxyl groups excluding tert-OH is 1. The van der Waals surface area contributed by atoms with Crippen molar-refractivity contribution in [3.63, 3.8) is 0 Å². The predicted molar refractivity (Wildman–Crippen MR) is 171 cm³/mol. The number of rotatable bonds is 14. The second-order valence-corrected chi connectivity index (χ2v) is 10.0. The molecule has 0 aliphatic carbocycles. The number of nitrogens with zero attached hydrogens (tertiary/aromatic N) is 1. The Bertz CT molecular complexity index is 1380. The first kappa shape index (κ1) is 36.4. The molecule has 0 aromatic heterocycles. The Balaban J connectivity index is 0.000000309. The SMILES string of the molecule is CCN1/C(=C\C=N)C(C)(Cc2ccccc2)c2cc(OC)ccc21.COCCOc1ccc(C(=N)O)cc1OCCOC.[Co]. The van der Waals surface area contributed by atoms with Crippen LogP contribution in [0.4, 0.5) is 5.69 Å². The third kappa shape index (κ3) is 9.09. The molecular weight excluding hydrogens is 605 g/mol. The number of hydrogen-bond donors (Lipinski definition) is 3. The second kappa shape index (κ2) is 18.1. The molecular formula is C34H43CoN3O6. The summed E-state index contributed by atoms with van der Waals surface area (Å²) in [7, 11) is 4.88. The molecule has 1 aliphatic rings. The fourth-order valence-corrected chi connectivity index (χ4v) is 5.13. The van der Waals surface area contributed by atoms with Gasteiger partial charge in [0.1, 0.15) is 19.0 Å². The van der Waals surface area contributed by atoms with Crippen LogP contribution in [0.15, 0.2) is 78.5 Å². The molecule has 44 heavy (non-hydrogen) atoms. The van der Waals surface area contributed by atoms with Gasteiger partial charge in [0.2, 0.25) is 5.90 Å². The van der Waals surface area contributed by atoms with Crippen molar-refractivity contribution in [2.24, 2.45) is 0 Å². The molecule has 0 fully saturated rings. The van der Waals surface area contributed by atoms with Gasteiger partial charge in [-0.05, 0) is 73.9 Å². The van der Waals surface area contributed by atoms with E-state index in [1.165, 1.54) is 28.7 Å². The van der Waals surface area contributed by atoms with Crippen LogP contribution in [0.25, 0.3) is 0 Å². The zero-order valence-corrected chi connectivity index (χ0v) is 27.1. The van der Waals surface area contributed by atoms with Gasteiger partial charge in [-0.25, -0.2) is 0 Å². The van der Waals surface area contributed by atoms with E-state index < -0.39 is 5.90 Å². The van der Waals surface area contributed by atoms with Crippen LogP contribution < -0.4 is 19.1 Å². The van der Waals surface area contributed by atoms with E-state index in [2.05, 4.69) is 55.1 Å². The zero-order valence-electron chi connectivity index (χ0n) is 26.0. The summed E-state index contributed by atoms with van der Waals surface area (Å²) < 4.78 is 26.3. The molecule has 9 nitrogen and oxygen atoms in total. The number of ether oxygens (including phenoxy) is 5. The van der Waals surface area contributed by atoms with Crippen LogP contribution in [0, 0.1) is 10.8 Å². The summed E-state index contributed by atoms with van der Waals surface area (Å²) in [5.41, 5.74) is 5.13. The number of hydrogen-bond acceptors (Lipinski definition) is 8. The molecule has 0 amide bonds. The average Bonchev–Trinajstić information content (AvgIpc) is 3.24. The minimum absolute atomic E-state index is 0. The van der Waals surface area contributed by atoms with Crippen molar-refractivity contribution in [1.29, 1.82) is 10.8 Å². The second-order valence-electron chi connectivity index (χ2n) is 10.0. The van der Waals surface area contributed by atoms with Crippen LogP contribution in [-0.2, 0) is 38.1 Å². The minimum Gasteiger partial charge on any atom is -0.497 e. The van der Waals surface area contributed by atoms with Crippen LogP contribution in [0.5, 0.6) is 17.2 Å². The van der Waals surface area contributed by atoms with E-state index >= 15 is 0 Å². The zero-order chi connectivity index (χ0) is 31.2. The maximum Gasteiger partial charge on any atom is 0.210 e. The minimum atomic E-state index is -0.514. The third-order valence-corrected chi connectivity index (χ3v) is 7.21. The molecule has 1 atom stereocenters. The van der Waals surface area contributed by atoms with Crippen molar-refractivity contribution < 1.29 is 45.6 Å². The normalized spacial score (nSPS) is 15.8. The largest absolute Gasteiger partial charge is 0.497 e. The van der Waals surface area contributed by atoms with Gasteiger partial charge in [0.15, 0.2) is 11.5 Å². The van der Waals surface area contributed by atoms with E-state index in [1.54, 1.807) is 39.5 Å². The van der Waals surface area contributed by atoms with Crippen molar-refractivity contribution in [3.8, 4) is 17.2 Å². The molecule has 0 saturated heterocycles. The molecule has 239 valence electrons. The molecule has 3 aromatic carbocycles. The molecule has 0 bridgehead atoms. The van der Waals surface area contributed by atoms with Gasteiger partial charge in [-0.2, -0.15) is 0 Å². The Labute approximate surface area is 271 Å². The number of anilines is 1. The molecule has 1 radical (unpaired) electrons. The topological polar surface area (TPSA) is 117 Å². The van der Waals surface area contributed by atoms with Crippen molar-refractivity contribution in [2.75, 3.05) is 59.2 Å². The summed E-state index contributed by atoms with van der Waals surface area (Å²) in [6.07, 6.45) is 4.22. The number of allylic oxidation sites excluding steroid dienone is 2. The van der Waals surface area contributed by atoms with Crippen LogP contribution >= 0.6 is 0 Å². The van der Waals surface area contributed by atoms with Crippen molar-refractivity contribution in [3.05, 3.63) is 95.2 Å². The summed E-state index contributed by atoms with van der Waals surface area (Å²) in [5.74, 6) is 1.36. The molecule has 1 heterocycles. The Morgan fingerprint density at radius 2 is 1.55 bits per heavy atom.